The van der Waals surface area contributed by atoms with Crippen LogP contribution in [-0.2, 0) is 27.4 Å². The first-order chi connectivity index (χ1) is 14.6. The van der Waals surface area contributed by atoms with Crippen molar-refractivity contribution in [2.45, 2.75) is 39.5 Å². The summed E-state index contributed by atoms with van der Waals surface area (Å²) in [5.74, 6) is 1.04. The highest BCUT2D eigenvalue weighted by Crippen LogP contribution is 2.21. The third-order valence-corrected chi connectivity index (χ3v) is 4.77. The molecule has 0 saturated heterocycles. The predicted molar refractivity (Wildman–Crippen MR) is 117 cm³/mol. The summed E-state index contributed by atoms with van der Waals surface area (Å²) in [7, 11) is 1.62. The number of anilines is 1. The van der Waals surface area contributed by atoms with E-state index in [4.69, 9.17) is 14.2 Å². The average molecular weight is 412 g/mol. The molecule has 1 unspecified atom stereocenters. The van der Waals surface area contributed by atoms with Gasteiger partial charge in [0.15, 0.2) is 0 Å². The van der Waals surface area contributed by atoms with Gasteiger partial charge in [-0.15, -0.1) is 0 Å². The van der Waals surface area contributed by atoms with E-state index in [1.54, 1.807) is 14.0 Å². The highest BCUT2D eigenvalue weighted by atomic mass is 16.5. The van der Waals surface area contributed by atoms with Crippen LogP contribution in [-0.4, -0.2) is 41.9 Å². The molecule has 30 heavy (non-hydrogen) atoms. The molecule has 3 aromatic rings. The molecular formula is C23H29N3O4. The van der Waals surface area contributed by atoms with Crippen LogP contribution < -0.4 is 10.1 Å². The number of aromatic nitrogens is 2. The third kappa shape index (κ3) is 5.58. The standard InChI is InChI=1S/C23H29N3O4/c1-4-29-14-8-13-26-21-12-6-5-11-20(21)24-23(26)25-22(27)17(2)30-16-18-9-7-10-19(15-18)28-3/h5-7,9-12,15,17H,4,8,13-14,16H2,1-3H3,(H,24,25,27). The van der Waals surface area contributed by atoms with Crippen LogP contribution in [0.1, 0.15) is 25.8 Å². The van der Waals surface area contributed by atoms with Crippen LogP contribution in [0.15, 0.2) is 48.5 Å². The molecule has 7 heteroatoms. The van der Waals surface area contributed by atoms with Gasteiger partial charge in [0.1, 0.15) is 11.9 Å². The highest BCUT2D eigenvalue weighted by Gasteiger charge is 2.18. The Morgan fingerprint density at radius 1 is 1.20 bits per heavy atom. The number of methoxy groups -OCH3 is 1. The average Bonchev–Trinajstić information content (AvgIpc) is 3.12. The van der Waals surface area contributed by atoms with Crippen molar-refractivity contribution in [3.05, 3.63) is 54.1 Å². The number of nitrogens with zero attached hydrogens (tertiary/aromatic N) is 2. The molecule has 0 radical (unpaired) electrons. The van der Waals surface area contributed by atoms with E-state index in [0.29, 0.717) is 32.3 Å². The molecule has 2 aromatic carbocycles. The Labute approximate surface area is 177 Å². The van der Waals surface area contributed by atoms with Crippen molar-refractivity contribution in [1.82, 2.24) is 9.55 Å². The fourth-order valence-electron chi connectivity index (χ4n) is 3.14. The van der Waals surface area contributed by atoms with Crippen molar-refractivity contribution >= 4 is 22.9 Å². The Morgan fingerprint density at radius 2 is 2.03 bits per heavy atom. The fourth-order valence-corrected chi connectivity index (χ4v) is 3.14. The van der Waals surface area contributed by atoms with Crippen molar-refractivity contribution in [2.75, 3.05) is 25.6 Å². The second kappa shape index (κ2) is 10.8. The van der Waals surface area contributed by atoms with E-state index in [-0.39, 0.29) is 5.91 Å². The number of para-hydroxylation sites is 2. The van der Waals surface area contributed by atoms with E-state index in [0.717, 1.165) is 28.8 Å². The summed E-state index contributed by atoms with van der Waals surface area (Å²) in [5.41, 5.74) is 2.76. The molecule has 1 aromatic heterocycles. The molecule has 1 atom stereocenters. The summed E-state index contributed by atoms with van der Waals surface area (Å²) in [6.07, 6.45) is 0.201. The minimum absolute atomic E-state index is 0.237. The van der Waals surface area contributed by atoms with E-state index >= 15 is 0 Å². The molecule has 0 spiro atoms. The zero-order valence-corrected chi connectivity index (χ0v) is 17.8. The molecule has 1 heterocycles. The largest absolute Gasteiger partial charge is 0.497 e. The molecule has 0 fully saturated rings. The summed E-state index contributed by atoms with van der Waals surface area (Å²) in [6, 6.07) is 15.4. The molecule has 0 saturated carbocycles. The Balaban J connectivity index is 1.65. The Kier molecular flexibility index (Phi) is 7.82. The van der Waals surface area contributed by atoms with Crippen molar-refractivity contribution in [1.29, 1.82) is 0 Å². The Hall–Kier alpha value is -2.90. The van der Waals surface area contributed by atoms with Gasteiger partial charge in [0, 0.05) is 19.8 Å². The van der Waals surface area contributed by atoms with E-state index in [1.165, 1.54) is 0 Å². The molecule has 0 aliphatic rings. The minimum atomic E-state index is -0.632. The van der Waals surface area contributed by atoms with Gasteiger partial charge >= 0.3 is 0 Å². The zero-order chi connectivity index (χ0) is 21.3. The number of imidazole rings is 1. The van der Waals surface area contributed by atoms with E-state index in [9.17, 15) is 4.79 Å². The number of carbonyl (C=O) groups excluding carboxylic acids is 1. The summed E-state index contributed by atoms with van der Waals surface area (Å²) < 4.78 is 18.4. The van der Waals surface area contributed by atoms with Crippen LogP contribution in [0, 0.1) is 0 Å². The molecule has 160 valence electrons. The smallest absolute Gasteiger partial charge is 0.255 e. The van der Waals surface area contributed by atoms with Gasteiger partial charge in [-0.05, 0) is 50.1 Å². The molecule has 0 aliphatic carbocycles. The normalized spacial score (nSPS) is 12.1. The van der Waals surface area contributed by atoms with E-state index in [1.807, 2.05) is 60.0 Å². The summed E-state index contributed by atoms with van der Waals surface area (Å²) in [5, 5.41) is 2.92. The van der Waals surface area contributed by atoms with Crippen LogP contribution in [0.5, 0.6) is 5.75 Å². The number of amides is 1. The first-order valence-electron chi connectivity index (χ1n) is 10.2. The molecule has 1 amide bonds. The van der Waals surface area contributed by atoms with Crippen molar-refractivity contribution in [2.24, 2.45) is 0 Å². The number of ether oxygens (including phenoxy) is 3. The van der Waals surface area contributed by atoms with Crippen LogP contribution in [0.3, 0.4) is 0 Å². The second-order valence-corrected chi connectivity index (χ2v) is 6.92. The van der Waals surface area contributed by atoms with Gasteiger partial charge < -0.3 is 18.8 Å². The topological polar surface area (TPSA) is 74.6 Å². The maximum Gasteiger partial charge on any atom is 0.255 e. The number of rotatable bonds is 11. The van der Waals surface area contributed by atoms with E-state index < -0.39 is 6.10 Å². The first kappa shape index (κ1) is 21.8. The molecule has 0 bridgehead atoms. The molecule has 0 aliphatic heterocycles. The van der Waals surface area contributed by atoms with Crippen LogP contribution in [0.4, 0.5) is 5.95 Å². The van der Waals surface area contributed by atoms with Crippen molar-refractivity contribution in [3.63, 3.8) is 0 Å². The highest BCUT2D eigenvalue weighted by molar-refractivity contribution is 5.94. The molecule has 7 nitrogen and oxygen atoms in total. The van der Waals surface area contributed by atoms with Crippen LogP contribution >= 0.6 is 0 Å². The van der Waals surface area contributed by atoms with Gasteiger partial charge in [-0.3, -0.25) is 10.1 Å². The number of hydrogen-bond acceptors (Lipinski definition) is 5. The van der Waals surface area contributed by atoms with Crippen molar-refractivity contribution in [3.8, 4) is 5.75 Å². The van der Waals surface area contributed by atoms with E-state index in [2.05, 4.69) is 10.3 Å². The Morgan fingerprint density at radius 3 is 2.83 bits per heavy atom. The van der Waals surface area contributed by atoms with Crippen LogP contribution in [0.25, 0.3) is 11.0 Å². The quantitative estimate of drug-likeness (QED) is 0.483. The first-order valence-corrected chi connectivity index (χ1v) is 10.2. The number of fused-ring (bicyclic) bond motifs is 1. The summed E-state index contributed by atoms with van der Waals surface area (Å²) in [6.45, 7) is 6.08. The lowest BCUT2D eigenvalue weighted by Gasteiger charge is -2.15. The van der Waals surface area contributed by atoms with Gasteiger partial charge in [-0.1, -0.05) is 24.3 Å². The molecular weight excluding hydrogens is 382 g/mol. The lowest BCUT2D eigenvalue weighted by atomic mass is 10.2. The SMILES string of the molecule is CCOCCCn1c(NC(=O)C(C)OCc2cccc(OC)c2)nc2ccccc21. The van der Waals surface area contributed by atoms with Gasteiger partial charge in [-0.25, -0.2) is 4.98 Å². The zero-order valence-electron chi connectivity index (χ0n) is 17.8. The van der Waals surface area contributed by atoms with Gasteiger partial charge in [0.05, 0.1) is 24.8 Å². The van der Waals surface area contributed by atoms with Gasteiger partial charge in [0.2, 0.25) is 5.95 Å². The number of hydrogen-bond donors (Lipinski definition) is 1. The maximum absolute atomic E-state index is 12.7. The number of carbonyl (C=O) groups is 1. The summed E-state index contributed by atoms with van der Waals surface area (Å²) in [4.78, 5) is 17.3. The van der Waals surface area contributed by atoms with Gasteiger partial charge in [-0.2, -0.15) is 0 Å². The molecule has 1 N–H and O–H groups in total. The van der Waals surface area contributed by atoms with Crippen LogP contribution in [0.2, 0.25) is 0 Å². The number of benzene rings is 2. The van der Waals surface area contributed by atoms with Crippen molar-refractivity contribution < 1.29 is 19.0 Å². The number of nitrogens with one attached hydrogen (secondary N) is 1. The maximum atomic E-state index is 12.7. The number of aryl methyl sites for hydroxylation is 1. The lowest BCUT2D eigenvalue weighted by Crippen LogP contribution is -2.29. The lowest BCUT2D eigenvalue weighted by molar-refractivity contribution is -0.127. The second-order valence-electron chi connectivity index (χ2n) is 6.92. The minimum Gasteiger partial charge on any atom is -0.497 e. The molecule has 3 rings (SSSR count). The van der Waals surface area contributed by atoms with Gasteiger partial charge in [0.25, 0.3) is 5.91 Å². The summed E-state index contributed by atoms with van der Waals surface area (Å²) >= 11 is 0. The Bertz CT molecular complexity index is 970. The monoisotopic (exact) mass is 411 g/mol. The third-order valence-electron chi connectivity index (χ3n) is 4.77. The predicted octanol–water partition coefficient (Wildman–Crippen LogP) is 4.02. The fraction of sp³-hybridized carbons (Fsp3) is 0.391.